The molecule has 6 heteroatoms. The van der Waals surface area contributed by atoms with Crippen LogP contribution in [0.1, 0.15) is 38.5 Å². The van der Waals surface area contributed by atoms with Gasteiger partial charge in [0.05, 0.1) is 0 Å². The highest BCUT2D eigenvalue weighted by atomic mass is 35.5. The van der Waals surface area contributed by atoms with E-state index in [0.29, 0.717) is 0 Å². The van der Waals surface area contributed by atoms with E-state index < -0.39 is 0 Å². The zero-order valence-electron chi connectivity index (χ0n) is 15.4. The summed E-state index contributed by atoms with van der Waals surface area (Å²) < 4.78 is 0. The number of rotatable bonds is 17. The molecule has 0 bridgehead atoms. The fourth-order valence-corrected chi connectivity index (χ4v) is 2.75. The van der Waals surface area contributed by atoms with Gasteiger partial charge < -0.3 is 21.3 Å². The molecular weight excluding hydrogens is 343 g/mol. The standard InChI is InChI=1S/C18H36Cl2N4/c1-21-13-17(11-19)15-23-9-7-5-3-4-6-8-10-24-16-18(12-20)14-22-2/h11-12,21-24H,3-10,13-16H2,1-2H3/b17-11-,18-12+. The van der Waals surface area contributed by atoms with Crippen LogP contribution in [-0.4, -0.2) is 53.4 Å². The molecular formula is C18H36Cl2N4. The van der Waals surface area contributed by atoms with E-state index in [1.165, 1.54) is 49.7 Å². The van der Waals surface area contributed by atoms with Gasteiger partial charge in [0.1, 0.15) is 0 Å². The summed E-state index contributed by atoms with van der Waals surface area (Å²) in [7, 11) is 3.87. The summed E-state index contributed by atoms with van der Waals surface area (Å²) in [6.45, 7) is 5.59. The van der Waals surface area contributed by atoms with Crippen molar-refractivity contribution in [1.29, 1.82) is 0 Å². The molecule has 0 atom stereocenters. The molecule has 0 rings (SSSR count). The Balaban J connectivity index is 3.28. The molecule has 0 radical (unpaired) electrons. The van der Waals surface area contributed by atoms with E-state index in [4.69, 9.17) is 23.2 Å². The maximum Gasteiger partial charge on any atom is 0.0189 e. The molecule has 4 nitrogen and oxygen atoms in total. The lowest BCUT2D eigenvalue weighted by atomic mass is 10.1. The fraction of sp³-hybridized carbons (Fsp3) is 0.778. The molecule has 0 spiro atoms. The molecule has 0 heterocycles. The maximum absolute atomic E-state index is 5.76. The predicted molar refractivity (Wildman–Crippen MR) is 109 cm³/mol. The molecule has 0 aliphatic rings. The Morgan fingerprint density at radius 2 is 1.00 bits per heavy atom. The number of nitrogens with one attached hydrogen (secondary N) is 4. The molecule has 0 unspecified atom stereocenters. The van der Waals surface area contributed by atoms with Gasteiger partial charge in [-0.25, -0.2) is 0 Å². The molecule has 0 aromatic carbocycles. The Kier molecular flexibility index (Phi) is 19.1. The first-order valence-electron chi connectivity index (χ1n) is 9.05. The van der Waals surface area contributed by atoms with Crippen molar-refractivity contribution in [3.63, 3.8) is 0 Å². The summed E-state index contributed by atoms with van der Waals surface area (Å²) in [6, 6.07) is 0. The summed E-state index contributed by atoms with van der Waals surface area (Å²) in [5, 5.41) is 13.1. The van der Waals surface area contributed by atoms with Crippen LogP contribution < -0.4 is 21.3 Å². The van der Waals surface area contributed by atoms with Gasteiger partial charge in [-0.2, -0.15) is 0 Å². The van der Waals surface area contributed by atoms with Crippen LogP contribution >= 0.6 is 23.2 Å². The monoisotopic (exact) mass is 378 g/mol. The lowest BCUT2D eigenvalue weighted by molar-refractivity contribution is 0.559. The minimum atomic E-state index is 0.849. The first-order chi connectivity index (χ1) is 11.8. The van der Waals surface area contributed by atoms with Gasteiger partial charge in [0, 0.05) is 37.2 Å². The number of unbranched alkanes of at least 4 members (excludes halogenated alkanes) is 5. The summed E-state index contributed by atoms with van der Waals surface area (Å²) >= 11 is 11.5. The van der Waals surface area contributed by atoms with Gasteiger partial charge >= 0.3 is 0 Å². The second-order valence-corrected chi connectivity index (χ2v) is 6.51. The molecule has 0 aliphatic carbocycles. The maximum atomic E-state index is 5.76. The fourth-order valence-electron chi connectivity index (χ4n) is 2.44. The summed E-state index contributed by atoms with van der Waals surface area (Å²) in [5.41, 5.74) is 5.74. The molecule has 4 N–H and O–H groups in total. The van der Waals surface area contributed by atoms with Crippen LogP contribution in [0.5, 0.6) is 0 Å². The first kappa shape index (κ1) is 23.9. The zero-order valence-corrected chi connectivity index (χ0v) is 16.9. The number of halogens is 2. The third kappa shape index (κ3) is 15.4. The molecule has 0 aromatic rings. The second kappa shape index (κ2) is 19.2. The van der Waals surface area contributed by atoms with Crippen molar-refractivity contribution < 1.29 is 0 Å². The normalized spacial score (nSPS) is 12.8. The minimum Gasteiger partial charge on any atom is -0.316 e. The molecule has 0 aromatic heterocycles. The van der Waals surface area contributed by atoms with Gasteiger partial charge in [0.25, 0.3) is 0 Å². The minimum absolute atomic E-state index is 0.849. The van der Waals surface area contributed by atoms with Crippen molar-refractivity contribution >= 4 is 23.2 Å². The highest BCUT2D eigenvalue weighted by Gasteiger charge is 1.97. The van der Waals surface area contributed by atoms with Crippen molar-refractivity contribution in [3.05, 3.63) is 22.2 Å². The molecule has 0 aliphatic heterocycles. The highest BCUT2D eigenvalue weighted by Crippen LogP contribution is 2.05. The van der Waals surface area contributed by atoms with Gasteiger partial charge in [-0.15, -0.1) is 0 Å². The largest absolute Gasteiger partial charge is 0.316 e. The SMILES string of the molecule is CNC/C(=C/Cl)CNCCCCCCCCNC/C(=C/Cl)CNC. The topological polar surface area (TPSA) is 48.1 Å². The molecule has 0 amide bonds. The van der Waals surface area contributed by atoms with Crippen molar-refractivity contribution in [2.45, 2.75) is 38.5 Å². The molecule has 0 fully saturated rings. The zero-order chi connectivity index (χ0) is 17.9. The van der Waals surface area contributed by atoms with E-state index in [2.05, 4.69) is 21.3 Å². The average molecular weight is 379 g/mol. The quantitative estimate of drug-likeness (QED) is 0.293. The first-order valence-corrected chi connectivity index (χ1v) is 9.92. The van der Waals surface area contributed by atoms with Gasteiger partial charge in [-0.3, -0.25) is 0 Å². The van der Waals surface area contributed by atoms with Crippen molar-refractivity contribution in [1.82, 2.24) is 21.3 Å². The van der Waals surface area contributed by atoms with Crippen molar-refractivity contribution in [2.24, 2.45) is 0 Å². The summed E-state index contributed by atoms with van der Waals surface area (Å²) in [6.07, 6.45) is 7.72. The lowest BCUT2D eigenvalue weighted by Gasteiger charge is -2.08. The Morgan fingerprint density at radius 1 is 0.625 bits per heavy atom. The Bertz CT molecular complexity index is 301. The number of hydrogen-bond acceptors (Lipinski definition) is 4. The predicted octanol–water partition coefficient (Wildman–Crippen LogP) is 3.19. The van der Waals surface area contributed by atoms with Crippen LogP contribution in [0.15, 0.2) is 22.2 Å². The van der Waals surface area contributed by atoms with E-state index >= 15 is 0 Å². The lowest BCUT2D eigenvalue weighted by Crippen LogP contribution is -2.23. The Labute approximate surface area is 158 Å². The third-order valence-corrected chi connectivity index (χ3v) is 4.39. The summed E-state index contributed by atoms with van der Waals surface area (Å²) in [5.74, 6) is 0. The van der Waals surface area contributed by atoms with E-state index in [0.717, 1.165) is 39.3 Å². The van der Waals surface area contributed by atoms with Crippen LogP contribution in [0, 0.1) is 0 Å². The number of likely N-dealkylation sites (N-methyl/N-ethyl adjacent to an activating group) is 2. The van der Waals surface area contributed by atoms with E-state index in [-0.39, 0.29) is 0 Å². The van der Waals surface area contributed by atoms with Crippen LogP contribution in [0.3, 0.4) is 0 Å². The second-order valence-electron chi connectivity index (χ2n) is 6.07. The Morgan fingerprint density at radius 3 is 1.33 bits per heavy atom. The van der Waals surface area contributed by atoms with E-state index in [1.54, 1.807) is 11.1 Å². The van der Waals surface area contributed by atoms with Gasteiger partial charge in [0.2, 0.25) is 0 Å². The van der Waals surface area contributed by atoms with Crippen LogP contribution in [0.4, 0.5) is 0 Å². The van der Waals surface area contributed by atoms with Crippen LogP contribution in [-0.2, 0) is 0 Å². The summed E-state index contributed by atoms with van der Waals surface area (Å²) in [4.78, 5) is 0. The van der Waals surface area contributed by atoms with Crippen molar-refractivity contribution in [3.8, 4) is 0 Å². The number of hydrogen-bond donors (Lipinski definition) is 4. The van der Waals surface area contributed by atoms with Crippen LogP contribution in [0.2, 0.25) is 0 Å². The molecule has 0 saturated heterocycles. The third-order valence-electron chi connectivity index (χ3n) is 3.78. The van der Waals surface area contributed by atoms with Crippen molar-refractivity contribution in [2.75, 3.05) is 53.4 Å². The van der Waals surface area contributed by atoms with Crippen LogP contribution in [0.25, 0.3) is 0 Å². The van der Waals surface area contributed by atoms with Gasteiger partial charge in [-0.05, 0) is 51.2 Å². The van der Waals surface area contributed by atoms with E-state index in [1.807, 2.05) is 14.1 Å². The average Bonchev–Trinajstić information content (AvgIpc) is 2.60. The van der Waals surface area contributed by atoms with Gasteiger partial charge in [0.15, 0.2) is 0 Å². The smallest absolute Gasteiger partial charge is 0.0189 e. The molecule has 142 valence electrons. The van der Waals surface area contributed by atoms with Gasteiger partial charge in [-0.1, -0.05) is 48.9 Å². The molecule has 0 saturated carbocycles. The van der Waals surface area contributed by atoms with E-state index in [9.17, 15) is 0 Å². The Hall–Kier alpha value is -0.100. The molecule has 24 heavy (non-hydrogen) atoms. The highest BCUT2D eigenvalue weighted by molar-refractivity contribution is 6.26.